The van der Waals surface area contributed by atoms with Gasteiger partial charge in [-0.1, -0.05) is 24.3 Å². The number of benzene rings is 1. The summed E-state index contributed by atoms with van der Waals surface area (Å²) in [5.74, 6) is 0. The summed E-state index contributed by atoms with van der Waals surface area (Å²) < 4.78 is 0. The van der Waals surface area contributed by atoms with Crippen molar-refractivity contribution in [2.45, 2.75) is 13.1 Å². The third-order valence-electron chi connectivity index (χ3n) is 6.17. The van der Waals surface area contributed by atoms with Gasteiger partial charge in [-0.3, -0.25) is 9.80 Å². The molecule has 0 saturated carbocycles. The third-order valence-corrected chi connectivity index (χ3v) is 6.17. The topological polar surface area (TPSA) is 78.7 Å². The van der Waals surface area contributed by atoms with Crippen LogP contribution in [0.3, 0.4) is 0 Å². The van der Waals surface area contributed by atoms with Gasteiger partial charge in [-0.25, -0.2) is 0 Å². The molecule has 1 aromatic rings. The van der Waals surface area contributed by atoms with Gasteiger partial charge in [0, 0.05) is 118 Å². The van der Waals surface area contributed by atoms with E-state index in [-0.39, 0.29) is 39.0 Å². The van der Waals surface area contributed by atoms with Gasteiger partial charge in [-0.05, 0) is 11.1 Å². The number of nitrogens with one attached hydrogen (secondary N) is 6. The number of nitrogens with zero attached hydrogens (tertiary/aromatic N) is 2. The Hall–Kier alpha value is 0.147. The van der Waals surface area contributed by atoms with Crippen molar-refractivity contribution in [1.29, 1.82) is 0 Å². The van der Waals surface area contributed by atoms with E-state index in [1.54, 1.807) is 0 Å². The fourth-order valence-corrected chi connectivity index (χ4v) is 4.21. The Labute approximate surface area is 233 Å². The minimum Gasteiger partial charge on any atom is -0.314 e. The van der Waals surface area contributed by atoms with E-state index in [1.165, 1.54) is 11.1 Å². The largest absolute Gasteiger partial charge is 2.00 e. The van der Waals surface area contributed by atoms with Crippen LogP contribution in [-0.2, 0) is 52.0 Å². The maximum absolute atomic E-state index is 3.56. The zero-order valence-electron chi connectivity index (χ0n) is 21.3. The molecular weight excluding hydrogens is 531 g/mol. The van der Waals surface area contributed by atoms with Crippen LogP contribution in [0.2, 0.25) is 0 Å². The van der Waals surface area contributed by atoms with Crippen molar-refractivity contribution < 1.29 is 39.0 Å². The third kappa shape index (κ3) is 14.6. The second-order valence-electron chi connectivity index (χ2n) is 8.87. The summed E-state index contributed by atoms with van der Waals surface area (Å²) in [6.07, 6.45) is 0. The Morgan fingerprint density at radius 2 is 0.647 bits per heavy atom. The van der Waals surface area contributed by atoms with Gasteiger partial charge in [0.15, 0.2) is 0 Å². The summed E-state index contributed by atoms with van der Waals surface area (Å²) in [5, 5.41) is 21.1. The maximum atomic E-state index is 3.56. The molecule has 10 heteroatoms. The Balaban J connectivity index is 0.00000289. The van der Waals surface area contributed by atoms with Crippen molar-refractivity contribution in [2.75, 3.05) is 105 Å². The van der Waals surface area contributed by atoms with E-state index in [4.69, 9.17) is 0 Å². The average Bonchev–Trinajstić information content (AvgIpc) is 2.79. The Morgan fingerprint density at radius 1 is 0.412 bits per heavy atom. The van der Waals surface area contributed by atoms with Crippen molar-refractivity contribution in [3.63, 3.8) is 0 Å². The van der Waals surface area contributed by atoms with Crippen LogP contribution in [0.1, 0.15) is 11.1 Å². The quantitative estimate of drug-likeness (QED) is 0.251. The van der Waals surface area contributed by atoms with E-state index in [9.17, 15) is 0 Å². The SMILES string of the molecule is [Zn+2].[Zn+2].c1cc(CN2CCNCCNCCNCC2)ccc1CN1CCNCCNCCNCC1. The molecular formula is C24H46N8Zn2+4. The molecule has 0 radical (unpaired) electrons. The molecule has 0 bridgehead atoms. The van der Waals surface area contributed by atoms with Crippen LogP contribution in [0.4, 0.5) is 0 Å². The fraction of sp³-hybridized carbons (Fsp3) is 0.750. The zero-order chi connectivity index (χ0) is 22.1. The van der Waals surface area contributed by atoms with Crippen molar-refractivity contribution in [1.82, 2.24) is 41.7 Å². The molecule has 34 heavy (non-hydrogen) atoms. The van der Waals surface area contributed by atoms with Gasteiger partial charge in [-0.2, -0.15) is 0 Å². The smallest absolute Gasteiger partial charge is 0.314 e. The van der Waals surface area contributed by atoms with Gasteiger partial charge in [0.05, 0.1) is 0 Å². The zero-order valence-corrected chi connectivity index (χ0v) is 27.3. The van der Waals surface area contributed by atoms with Gasteiger partial charge in [0.2, 0.25) is 0 Å². The van der Waals surface area contributed by atoms with Crippen molar-refractivity contribution in [3.05, 3.63) is 35.4 Å². The van der Waals surface area contributed by atoms with Crippen LogP contribution in [0.15, 0.2) is 24.3 Å². The molecule has 2 saturated heterocycles. The molecule has 3 rings (SSSR count). The van der Waals surface area contributed by atoms with Gasteiger partial charge in [0.25, 0.3) is 0 Å². The maximum Gasteiger partial charge on any atom is 2.00 e. The van der Waals surface area contributed by atoms with Crippen LogP contribution in [0, 0.1) is 0 Å². The average molecular weight is 577 g/mol. The molecule has 2 fully saturated rings. The molecule has 0 atom stereocenters. The minimum atomic E-state index is 0. The molecule has 6 N–H and O–H groups in total. The summed E-state index contributed by atoms with van der Waals surface area (Å²) in [4.78, 5) is 5.12. The van der Waals surface area contributed by atoms with Crippen LogP contribution >= 0.6 is 0 Å². The molecule has 2 aliphatic heterocycles. The van der Waals surface area contributed by atoms with E-state index in [0.29, 0.717) is 0 Å². The monoisotopic (exact) mass is 574 g/mol. The van der Waals surface area contributed by atoms with Crippen molar-refractivity contribution in [2.24, 2.45) is 0 Å². The Bertz CT molecular complexity index is 518. The van der Waals surface area contributed by atoms with E-state index < -0.39 is 0 Å². The minimum absolute atomic E-state index is 0. The summed E-state index contributed by atoms with van der Waals surface area (Å²) in [6.45, 7) is 18.9. The molecule has 2 heterocycles. The van der Waals surface area contributed by atoms with Gasteiger partial charge in [0.1, 0.15) is 0 Å². The van der Waals surface area contributed by atoms with E-state index in [1.807, 2.05) is 0 Å². The predicted octanol–water partition coefficient (Wildman–Crippen LogP) is -1.15. The molecule has 0 aromatic heterocycles. The Morgan fingerprint density at radius 3 is 0.912 bits per heavy atom. The summed E-state index contributed by atoms with van der Waals surface area (Å²) in [5.41, 5.74) is 2.82. The van der Waals surface area contributed by atoms with Crippen LogP contribution in [-0.4, -0.2) is 115 Å². The van der Waals surface area contributed by atoms with Gasteiger partial charge < -0.3 is 31.9 Å². The molecule has 0 unspecified atom stereocenters. The summed E-state index contributed by atoms with van der Waals surface area (Å²) >= 11 is 0. The molecule has 0 amide bonds. The first kappa shape index (κ1) is 32.2. The second kappa shape index (κ2) is 21.3. The molecule has 0 spiro atoms. The van der Waals surface area contributed by atoms with E-state index >= 15 is 0 Å². The molecule has 2 aliphatic rings. The molecule has 8 nitrogen and oxygen atoms in total. The number of hydrogen-bond acceptors (Lipinski definition) is 8. The first-order valence-corrected chi connectivity index (χ1v) is 12.7. The molecule has 182 valence electrons. The summed E-state index contributed by atoms with van der Waals surface area (Å²) in [6, 6.07) is 9.31. The number of hydrogen-bond donors (Lipinski definition) is 6. The molecule has 1 aromatic carbocycles. The predicted molar refractivity (Wildman–Crippen MR) is 134 cm³/mol. The van der Waals surface area contributed by atoms with Crippen LogP contribution in [0.5, 0.6) is 0 Å². The first-order valence-electron chi connectivity index (χ1n) is 12.7. The fourth-order valence-electron chi connectivity index (χ4n) is 4.21. The van der Waals surface area contributed by atoms with Crippen LogP contribution < -0.4 is 31.9 Å². The first-order chi connectivity index (χ1) is 15.9. The van der Waals surface area contributed by atoms with Gasteiger partial charge in [-0.15, -0.1) is 0 Å². The van der Waals surface area contributed by atoms with Gasteiger partial charge >= 0.3 is 39.0 Å². The van der Waals surface area contributed by atoms with E-state index in [2.05, 4.69) is 66.0 Å². The van der Waals surface area contributed by atoms with E-state index in [0.717, 1.165) is 118 Å². The number of rotatable bonds is 4. The normalized spacial score (nSPS) is 21.4. The van der Waals surface area contributed by atoms with Crippen molar-refractivity contribution >= 4 is 0 Å². The second-order valence-corrected chi connectivity index (χ2v) is 8.87. The van der Waals surface area contributed by atoms with Crippen LogP contribution in [0.25, 0.3) is 0 Å². The Kier molecular flexibility index (Phi) is 20.1. The standard InChI is InChI=1S/C24H46N8.2Zn/c1-2-24(22-32-19-15-29-11-7-26-8-12-30-16-20-32)4-3-23(1)21-31-17-13-27-9-5-25-6-10-28-14-18-31;;/h1-4,25-30H,5-22H2;;/q;2*+2. The van der Waals surface area contributed by atoms with Crippen molar-refractivity contribution in [3.8, 4) is 0 Å². The molecule has 0 aliphatic carbocycles. The summed E-state index contributed by atoms with van der Waals surface area (Å²) in [7, 11) is 0.